The van der Waals surface area contributed by atoms with Gasteiger partial charge in [0.25, 0.3) is 0 Å². The summed E-state index contributed by atoms with van der Waals surface area (Å²) in [6.45, 7) is 9.66. The Morgan fingerprint density at radius 2 is 2.21 bits per heavy atom. The summed E-state index contributed by atoms with van der Waals surface area (Å²) in [5, 5.41) is 7.09. The molecule has 0 N–H and O–H groups in total. The topological polar surface area (TPSA) is 72.1 Å². The van der Waals surface area contributed by atoms with E-state index < -0.39 is 0 Å². The number of nitrogens with zero attached hydrogens (tertiary/aromatic N) is 4. The van der Waals surface area contributed by atoms with Crippen molar-refractivity contribution in [3.63, 3.8) is 0 Å². The number of aryl methyl sites for hydroxylation is 1. The summed E-state index contributed by atoms with van der Waals surface area (Å²) in [5.74, 6) is 1.59. The van der Waals surface area contributed by atoms with Crippen LogP contribution in [0.1, 0.15) is 61.9 Å². The van der Waals surface area contributed by atoms with Crippen LogP contribution in [0.3, 0.4) is 0 Å². The number of carbonyl (C=O) groups excluding carboxylic acids is 1. The summed E-state index contributed by atoms with van der Waals surface area (Å²) >= 11 is 1.63. The number of aromatic nitrogens is 3. The predicted molar refractivity (Wildman–Crippen MR) is 92.1 cm³/mol. The Morgan fingerprint density at radius 3 is 2.83 bits per heavy atom. The SMILES string of the molecule is Cc1nc([C@@H]2CCCN(C(=O)Cc3csc(C(C)(C)C)n3)C2)no1. The van der Waals surface area contributed by atoms with Crippen LogP contribution in [0.5, 0.6) is 0 Å². The van der Waals surface area contributed by atoms with Gasteiger partial charge in [-0.3, -0.25) is 4.79 Å². The number of likely N-dealkylation sites (tertiary alicyclic amines) is 1. The maximum Gasteiger partial charge on any atom is 0.228 e. The van der Waals surface area contributed by atoms with E-state index in [0.29, 0.717) is 24.7 Å². The van der Waals surface area contributed by atoms with Crippen molar-refractivity contribution in [3.8, 4) is 0 Å². The van der Waals surface area contributed by atoms with E-state index >= 15 is 0 Å². The lowest BCUT2D eigenvalue weighted by Gasteiger charge is -2.31. The fourth-order valence-electron chi connectivity index (χ4n) is 2.89. The van der Waals surface area contributed by atoms with Crippen molar-refractivity contribution >= 4 is 17.2 Å². The number of thiazole rings is 1. The fraction of sp³-hybridized carbons (Fsp3) is 0.647. The second-order valence-corrected chi connectivity index (χ2v) is 8.28. The summed E-state index contributed by atoms with van der Waals surface area (Å²) in [4.78, 5) is 23.5. The molecule has 24 heavy (non-hydrogen) atoms. The lowest BCUT2D eigenvalue weighted by molar-refractivity contribution is -0.131. The lowest BCUT2D eigenvalue weighted by atomic mass is 9.97. The van der Waals surface area contributed by atoms with Crippen LogP contribution in [0, 0.1) is 6.92 Å². The van der Waals surface area contributed by atoms with Crippen molar-refractivity contribution < 1.29 is 9.32 Å². The highest BCUT2D eigenvalue weighted by Crippen LogP contribution is 2.27. The van der Waals surface area contributed by atoms with Crippen LogP contribution in [0.15, 0.2) is 9.90 Å². The van der Waals surface area contributed by atoms with Crippen LogP contribution in [0.25, 0.3) is 0 Å². The number of rotatable bonds is 3. The quantitative estimate of drug-likeness (QED) is 0.852. The zero-order chi connectivity index (χ0) is 17.3. The second-order valence-electron chi connectivity index (χ2n) is 7.42. The van der Waals surface area contributed by atoms with Gasteiger partial charge in [0.15, 0.2) is 5.82 Å². The molecule has 0 radical (unpaired) electrons. The van der Waals surface area contributed by atoms with Gasteiger partial charge in [-0.05, 0) is 12.8 Å². The number of carbonyl (C=O) groups is 1. The van der Waals surface area contributed by atoms with Gasteiger partial charge in [0.05, 0.1) is 17.1 Å². The molecule has 1 amide bonds. The van der Waals surface area contributed by atoms with Gasteiger partial charge in [-0.15, -0.1) is 11.3 Å². The monoisotopic (exact) mass is 348 g/mol. The zero-order valence-electron chi connectivity index (χ0n) is 14.7. The molecule has 0 bridgehead atoms. The lowest BCUT2D eigenvalue weighted by Crippen LogP contribution is -2.40. The molecule has 130 valence electrons. The smallest absolute Gasteiger partial charge is 0.228 e. The van der Waals surface area contributed by atoms with E-state index in [1.165, 1.54) is 0 Å². The molecule has 0 saturated carbocycles. The van der Waals surface area contributed by atoms with Crippen molar-refractivity contribution in [2.24, 2.45) is 0 Å². The second kappa shape index (κ2) is 6.63. The minimum atomic E-state index is 0.0265. The van der Waals surface area contributed by atoms with Crippen LogP contribution in [-0.2, 0) is 16.6 Å². The Kier molecular flexibility index (Phi) is 4.71. The molecule has 0 unspecified atom stereocenters. The first-order valence-electron chi connectivity index (χ1n) is 8.36. The van der Waals surface area contributed by atoms with Gasteiger partial charge in [0.1, 0.15) is 0 Å². The Balaban J connectivity index is 1.63. The number of amides is 1. The summed E-state index contributed by atoms with van der Waals surface area (Å²) in [6, 6.07) is 0. The highest BCUT2D eigenvalue weighted by Gasteiger charge is 2.28. The number of hydrogen-bond donors (Lipinski definition) is 0. The molecule has 0 aliphatic carbocycles. The van der Waals surface area contributed by atoms with Crippen LogP contribution in [0.2, 0.25) is 0 Å². The first-order valence-corrected chi connectivity index (χ1v) is 9.24. The minimum Gasteiger partial charge on any atom is -0.342 e. The van der Waals surface area contributed by atoms with E-state index in [1.54, 1.807) is 18.3 Å². The highest BCUT2D eigenvalue weighted by atomic mass is 32.1. The van der Waals surface area contributed by atoms with Crippen molar-refractivity contribution in [3.05, 3.63) is 27.8 Å². The van der Waals surface area contributed by atoms with Gasteiger partial charge >= 0.3 is 0 Å². The Hall–Kier alpha value is -1.76. The first kappa shape index (κ1) is 17.1. The minimum absolute atomic E-state index is 0.0265. The molecule has 7 heteroatoms. The Bertz CT molecular complexity index is 716. The standard InChI is InChI=1S/C17H24N4O2S/c1-11-18-15(20-23-11)12-6-5-7-21(9-12)14(22)8-13-10-24-16(19-13)17(2,3)4/h10,12H,5-9H2,1-4H3/t12-/m1/s1. The molecule has 2 aromatic rings. The van der Waals surface area contributed by atoms with Crippen molar-refractivity contribution in [1.82, 2.24) is 20.0 Å². The molecule has 1 fully saturated rings. The van der Waals surface area contributed by atoms with Crippen molar-refractivity contribution in [1.29, 1.82) is 0 Å². The fourth-order valence-corrected chi connectivity index (χ4v) is 3.80. The zero-order valence-corrected chi connectivity index (χ0v) is 15.5. The van der Waals surface area contributed by atoms with Gasteiger partial charge in [0.2, 0.25) is 11.8 Å². The van der Waals surface area contributed by atoms with E-state index in [0.717, 1.165) is 30.1 Å². The van der Waals surface area contributed by atoms with Gasteiger partial charge < -0.3 is 9.42 Å². The molecule has 0 aromatic carbocycles. The molecule has 1 atom stereocenters. The molecule has 1 saturated heterocycles. The molecule has 3 rings (SSSR count). The van der Waals surface area contributed by atoms with Crippen LogP contribution in [-0.4, -0.2) is 39.0 Å². The van der Waals surface area contributed by atoms with E-state index in [2.05, 4.69) is 35.9 Å². The molecule has 3 heterocycles. The summed E-state index contributed by atoms with van der Waals surface area (Å²) in [6.07, 6.45) is 2.33. The average molecular weight is 348 g/mol. The van der Waals surface area contributed by atoms with Crippen LogP contribution < -0.4 is 0 Å². The Labute approximate surface area is 146 Å². The van der Waals surface area contributed by atoms with Crippen molar-refractivity contribution in [2.75, 3.05) is 13.1 Å². The molecular weight excluding hydrogens is 324 g/mol. The van der Waals surface area contributed by atoms with Gasteiger partial charge in [-0.2, -0.15) is 4.98 Å². The largest absolute Gasteiger partial charge is 0.342 e. The molecule has 2 aromatic heterocycles. The normalized spacial score (nSPS) is 18.8. The third kappa shape index (κ3) is 3.83. The maximum absolute atomic E-state index is 12.6. The molecular formula is C17H24N4O2S. The third-order valence-electron chi connectivity index (χ3n) is 4.21. The van der Waals surface area contributed by atoms with E-state index in [9.17, 15) is 4.79 Å². The summed E-state index contributed by atoms with van der Waals surface area (Å²) < 4.78 is 5.07. The third-order valence-corrected chi connectivity index (χ3v) is 5.53. The van der Waals surface area contributed by atoms with E-state index in [-0.39, 0.29) is 17.2 Å². The van der Waals surface area contributed by atoms with Gasteiger partial charge in [0, 0.05) is 36.7 Å². The average Bonchev–Trinajstić information content (AvgIpc) is 3.16. The van der Waals surface area contributed by atoms with Gasteiger partial charge in [-0.25, -0.2) is 4.98 Å². The predicted octanol–water partition coefficient (Wildman–Crippen LogP) is 3.08. The summed E-state index contributed by atoms with van der Waals surface area (Å²) in [5.41, 5.74) is 0.894. The first-order chi connectivity index (χ1) is 11.3. The number of hydrogen-bond acceptors (Lipinski definition) is 6. The number of piperidine rings is 1. The Morgan fingerprint density at radius 1 is 1.42 bits per heavy atom. The van der Waals surface area contributed by atoms with E-state index in [4.69, 9.17) is 4.52 Å². The maximum atomic E-state index is 12.6. The van der Waals surface area contributed by atoms with Gasteiger partial charge in [-0.1, -0.05) is 25.9 Å². The van der Waals surface area contributed by atoms with E-state index in [1.807, 2.05) is 10.3 Å². The molecule has 0 spiro atoms. The van der Waals surface area contributed by atoms with Crippen molar-refractivity contribution in [2.45, 2.75) is 58.3 Å². The summed E-state index contributed by atoms with van der Waals surface area (Å²) in [7, 11) is 0. The van der Waals surface area contributed by atoms with Crippen LogP contribution in [0.4, 0.5) is 0 Å². The molecule has 1 aliphatic rings. The molecule has 6 nitrogen and oxygen atoms in total. The van der Waals surface area contributed by atoms with Crippen LogP contribution >= 0.6 is 11.3 Å². The highest BCUT2D eigenvalue weighted by molar-refractivity contribution is 7.09. The molecule has 1 aliphatic heterocycles.